The molecule has 7 heteroatoms. The molecule has 3 rings (SSSR count). The minimum atomic E-state index is 0.234. The van der Waals surface area contributed by atoms with Gasteiger partial charge in [0.15, 0.2) is 0 Å². The molecule has 0 saturated carbocycles. The van der Waals surface area contributed by atoms with Gasteiger partial charge in [0.1, 0.15) is 17.5 Å². The minimum Gasteiger partial charge on any atom is -0.378 e. The van der Waals surface area contributed by atoms with Crippen molar-refractivity contribution < 1.29 is 9.53 Å². The number of aryl methyl sites for hydroxylation is 1. The van der Waals surface area contributed by atoms with Crippen LogP contribution in [-0.2, 0) is 9.53 Å². The number of carbonyl (C=O) groups is 1. The van der Waals surface area contributed by atoms with Gasteiger partial charge in [0.25, 0.3) is 0 Å². The predicted octanol–water partition coefficient (Wildman–Crippen LogP) is 0.680. The third-order valence-electron chi connectivity index (χ3n) is 4.40. The van der Waals surface area contributed by atoms with Gasteiger partial charge in [0.05, 0.1) is 13.2 Å². The van der Waals surface area contributed by atoms with Crippen LogP contribution in [0.1, 0.15) is 19.2 Å². The number of hydrogen-bond donors (Lipinski definition) is 0. The molecular weight excluding hydrogens is 294 g/mol. The molecule has 23 heavy (non-hydrogen) atoms. The Kier molecular flexibility index (Phi) is 4.95. The molecule has 0 unspecified atom stereocenters. The van der Waals surface area contributed by atoms with Crippen LogP contribution in [0, 0.1) is 6.92 Å². The van der Waals surface area contributed by atoms with E-state index in [2.05, 4.69) is 25.8 Å². The van der Waals surface area contributed by atoms with E-state index in [-0.39, 0.29) is 5.91 Å². The zero-order chi connectivity index (χ0) is 16.2. The first kappa shape index (κ1) is 16.0. The van der Waals surface area contributed by atoms with Crippen LogP contribution >= 0.6 is 0 Å². The largest absolute Gasteiger partial charge is 0.378 e. The number of ether oxygens (including phenoxy) is 1. The van der Waals surface area contributed by atoms with Crippen molar-refractivity contribution in [3.63, 3.8) is 0 Å². The van der Waals surface area contributed by atoms with E-state index in [1.807, 2.05) is 18.7 Å². The molecule has 2 saturated heterocycles. The molecule has 1 amide bonds. The first-order valence-corrected chi connectivity index (χ1v) is 8.38. The van der Waals surface area contributed by atoms with E-state index in [0.29, 0.717) is 6.42 Å². The number of hydrogen-bond acceptors (Lipinski definition) is 6. The molecule has 0 aromatic carbocycles. The summed E-state index contributed by atoms with van der Waals surface area (Å²) in [6, 6.07) is 2.07. The lowest BCUT2D eigenvalue weighted by molar-refractivity contribution is -0.131. The number of nitrogens with zero attached hydrogens (tertiary/aromatic N) is 5. The van der Waals surface area contributed by atoms with Crippen LogP contribution in [0.4, 0.5) is 11.6 Å². The highest BCUT2D eigenvalue weighted by Gasteiger charge is 2.22. The summed E-state index contributed by atoms with van der Waals surface area (Å²) in [5, 5.41) is 0. The molecule has 2 aliphatic rings. The number of morpholine rings is 1. The van der Waals surface area contributed by atoms with Crippen LogP contribution in [0.2, 0.25) is 0 Å². The van der Waals surface area contributed by atoms with E-state index >= 15 is 0 Å². The van der Waals surface area contributed by atoms with Gasteiger partial charge in [0, 0.05) is 51.8 Å². The van der Waals surface area contributed by atoms with E-state index in [1.165, 1.54) is 0 Å². The quantitative estimate of drug-likeness (QED) is 0.816. The van der Waals surface area contributed by atoms with E-state index in [1.54, 1.807) is 0 Å². The number of aromatic nitrogens is 2. The van der Waals surface area contributed by atoms with Crippen molar-refractivity contribution in [3.05, 3.63) is 11.9 Å². The van der Waals surface area contributed by atoms with Crippen LogP contribution in [0.15, 0.2) is 6.07 Å². The number of rotatable bonds is 3. The Morgan fingerprint density at radius 1 is 1.04 bits per heavy atom. The van der Waals surface area contributed by atoms with Crippen LogP contribution in [0.25, 0.3) is 0 Å². The van der Waals surface area contributed by atoms with Crippen molar-refractivity contribution in [2.75, 3.05) is 62.3 Å². The molecule has 2 aliphatic heterocycles. The number of amides is 1. The molecule has 1 aromatic heterocycles. The van der Waals surface area contributed by atoms with Gasteiger partial charge in [-0.25, -0.2) is 9.97 Å². The first-order chi connectivity index (χ1) is 11.2. The molecule has 0 atom stereocenters. The van der Waals surface area contributed by atoms with Crippen LogP contribution in [-0.4, -0.2) is 73.3 Å². The lowest BCUT2D eigenvalue weighted by Gasteiger charge is -2.36. The number of piperazine rings is 1. The summed E-state index contributed by atoms with van der Waals surface area (Å²) >= 11 is 0. The van der Waals surface area contributed by atoms with Gasteiger partial charge >= 0.3 is 0 Å². The highest BCUT2D eigenvalue weighted by molar-refractivity contribution is 5.76. The average molecular weight is 319 g/mol. The SMILES string of the molecule is CCC(=O)N1CCN(c2cc(N3CCOCC3)nc(C)n2)CC1. The van der Waals surface area contributed by atoms with E-state index in [4.69, 9.17) is 4.74 Å². The fraction of sp³-hybridized carbons (Fsp3) is 0.688. The van der Waals surface area contributed by atoms with E-state index < -0.39 is 0 Å². The Morgan fingerprint density at radius 3 is 2.17 bits per heavy atom. The molecular formula is C16H25N5O2. The molecule has 0 aliphatic carbocycles. The summed E-state index contributed by atoms with van der Waals surface area (Å²) in [5.74, 6) is 2.96. The summed E-state index contributed by atoms with van der Waals surface area (Å²) in [4.78, 5) is 27.4. The second-order valence-electron chi connectivity index (χ2n) is 5.95. The summed E-state index contributed by atoms with van der Waals surface area (Å²) < 4.78 is 5.41. The standard InChI is InChI=1S/C16H25N5O2/c1-3-16(22)21-6-4-19(5-7-21)14-12-15(18-13(2)17-14)20-8-10-23-11-9-20/h12H,3-11H2,1-2H3. The molecule has 7 nitrogen and oxygen atoms in total. The maximum absolute atomic E-state index is 11.8. The molecule has 126 valence electrons. The van der Waals surface area contributed by atoms with Crippen molar-refractivity contribution in [2.45, 2.75) is 20.3 Å². The third kappa shape index (κ3) is 3.72. The van der Waals surface area contributed by atoms with E-state index in [0.717, 1.165) is 69.9 Å². The maximum Gasteiger partial charge on any atom is 0.222 e. The molecule has 0 N–H and O–H groups in total. The molecule has 0 bridgehead atoms. The Labute approximate surface area is 137 Å². The lowest BCUT2D eigenvalue weighted by Crippen LogP contribution is -2.49. The summed E-state index contributed by atoms with van der Waals surface area (Å²) in [5.41, 5.74) is 0. The van der Waals surface area contributed by atoms with Gasteiger partial charge in [-0.3, -0.25) is 4.79 Å². The molecule has 0 spiro atoms. The zero-order valence-electron chi connectivity index (χ0n) is 14.0. The Morgan fingerprint density at radius 2 is 1.61 bits per heavy atom. The zero-order valence-corrected chi connectivity index (χ0v) is 14.0. The van der Waals surface area contributed by atoms with Crippen molar-refractivity contribution in [3.8, 4) is 0 Å². The van der Waals surface area contributed by atoms with Gasteiger partial charge in [-0.15, -0.1) is 0 Å². The summed E-state index contributed by atoms with van der Waals surface area (Å²) in [6.45, 7) is 10.3. The van der Waals surface area contributed by atoms with Gasteiger partial charge in [0.2, 0.25) is 5.91 Å². The molecule has 2 fully saturated rings. The average Bonchev–Trinajstić information content (AvgIpc) is 2.61. The summed E-state index contributed by atoms with van der Waals surface area (Å²) in [6.07, 6.45) is 0.577. The second kappa shape index (κ2) is 7.12. The fourth-order valence-electron chi connectivity index (χ4n) is 3.06. The third-order valence-corrected chi connectivity index (χ3v) is 4.40. The van der Waals surface area contributed by atoms with Crippen LogP contribution in [0.5, 0.6) is 0 Å². The number of anilines is 2. The van der Waals surface area contributed by atoms with Gasteiger partial charge in [-0.2, -0.15) is 0 Å². The Balaban J connectivity index is 1.70. The minimum absolute atomic E-state index is 0.234. The Hall–Kier alpha value is -1.89. The highest BCUT2D eigenvalue weighted by Crippen LogP contribution is 2.21. The molecule has 3 heterocycles. The Bertz CT molecular complexity index is 551. The normalized spacial score (nSPS) is 19.1. The fourth-order valence-corrected chi connectivity index (χ4v) is 3.06. The predicted molar refractivity (Wildman–Crippen MR) is 88.9 cm³/mol. The number of carbonyl (C=O) groups excluding carboxylic acids is 1. The van der Waals surface area contributed by atoms with E-state index in [9.17, 15) is 4.79 Å². The second-order valence-corrected chi connectivity index (χ2v) is 5.95. The van der Waals surface area contributed by atoms with Crippen molar-refractivity contribution in [1.82, 2.24) is 14.9 Å². The molecule has 1 aromatic rings. The first-order valence-electron chi connectivity index (χ1n) is 8.38. The van der Waals surface area contributed by atoms with Crippen molar-refractivity contribution in [1.29, 1.82) is 0 Å². The van der Waals surface area contributed by atoms with Crippen molar-refractivity contribution in [2.24, 2.45) is 0 Å². The lowest BCUT2D eigenvalue weighted by atomic mass is 10.2. The molecule has 0 radical (unpaired) electrons. The van der Waals surface area contributed by atoms with Crippen molar-refractivity contribution >= 4 is 17.5 Å². The smallest absolute Gasteiger partial charge is 0.222 e. The summed E-state index contributed by atoms with van der Waals surface area (Å²) in [7, 11) is 0. The highest BCUT2D eigenvalue weighted by atomic mass is 16.5. The topological polar surface area (TPSA) is 61.8 Å². The monoisotopic (exact) mass is 319 g/mol. The van der Waals surface area contributed by atoms with Crippen LogP contribution < -0.4 is 9.80 Å². The maximum atomic E-state index is 11.8. The van der Waals surface area contributed by atoms with Gasteiger partial charge < -0.3 is 19.4 Å². The van der Waals surface area contributed by atoms with Crippen LogP contribution in [0.3, 0.4) is 0 Å². The van der Waals surface area contributed by atoms with Gasteiger partial charge in [-0.1, -0.05) is 6.92 Å². The van der Waals surface area contributed by atoms with Gasteiger partial charge in [-0.05, 0) is 6.92 Å².